The minimum absolute atomic E-state index is 0.00679. The summed E-state index contributed by atoms with van der Waals surface area (Å²) in [6.07, 6.45) is 0.745. The van der Waals surface area contributed by atoms with E-state index < -0.39 is 15.6 Å². The SMILES string of the molecule is CC1(O)CCN(S(=O)(=O)c2c(N)cc(Cl)cc2Cl)CC1. The predicted octanol–water partition coefficient (Wildman–Crippen LogP) is 2.11. The molecule has 2 rings (SSSR count). The molecule has 20 heavy (non-hydrogen) atoms. The van der Waals surface area contributed by atoms with Crippen molar-refractivity contribution in [3.05, 3.63) is 22.2 Å². The predicted molar refractivity (Wildman–Crippen MR) is 79.5 cm³/mol. The first-order chi connectivity index (χ1) is 9.13. The van der Waals surface area contributed by atoms with Crippen LogP contribution < -0.4 is 5.73 Å². The second-order valence-corrected chi connectivity index (χ2v) is 7.93. The van der Waals surface area contributed by atoms with Crippen LogP contribution in [0.5, 0.6) is 0 Å². The molecule has 8 heteroatoms. The Morgan fingerprint density at radius 2 is 1.85 bits per heavy atom. The van der Waals surface area contributed by atoms with Gasteiger partial charge in [0.25, 0.3) is 0 Å². The number of aliphatic hydroxyl groups is 1. The fourth-order valence-corrected chi connectivity index (χ4v) is 4.58. The van der Waals surface area contributed by atoms with E-state index in [4.69, 9.17) is 28.9 Å². The molecule has 0 saturated carbocycles. The van der Waals surface area contributed by atoms with Crippen molar-refractivity contribution in [2.45, 2.75) is 30.3 Å². The lowest BCUT2D eigenvalue weighted by atomic mass is 9.95. The number of nitrogen functional groups attached to an aromatic ring is 1. The molecule has 1 fully saturated rings. The lowest BCUT2D eigenvalue weighted by molar-refractivity contribution is 0.0126. The van der Waals surface area contributed by atoms with Crippen LogP contribution in [-0.2, 0) is 10.0 Å². The van der Waals surface area contributed by atoms with Crippen LogP contribution in [0.15, 0.2) is 17.0 Å². The average molecular weight is 339 g/mol. The first-order valence-electron chi connectivity index (χ1n) is 6.10. The Morgan fingerprint density at radius 3 is 2.35 bits per heavy atom. The van der Waals surface area contributed by atoms with Gasteiger partial charge in [0.05, 0.1) is 16.3 Å². The maximum Gasteiger partial charge on any atom is 0.246 e. The lowest BCUT2D eigenvalue weighted by Gasteiger charge is -2.35. The number of rotatable bonds is 2. The summed E-state index contributed by atoms with van der Waals surface area (Å²) in [6, 6.07) is 2.72. The number of halogens is 2. The third-order valence-corrected chi connectivity index (χ3v) is 6.08. The van der Waals surface area contributed by atoms with E-state index in [0.29, 0.717) is 12.8 Å². The molecule has 0 spiro atoms. The summed E-state index contributed by atoms with van der Waals surface area (Å²) in [6.45, 7) is 2.15. The molecule has 0 aromatic heterocycles. The molecule has 1 aromatic carbocycles. The van der Waals surface area contributed by atoms with E-state index in [1.165, 1.54) is 16.4 Å². The van der Waals surface area contributed by atoms with Crippen LogP contribution in [0.2, 0.25) is 10.0 Å². The highest BCUT2D eigenvalue weighted by Crippen LogP contribution is 2.35. The molecule has 112 valence electrons. The van der Waals surface area contributed by atoms with E-state index >= 15 is 0 Å². The fraction of sp³-hybridized carbons (Fsp3) is 0.500. The van der Waals surface area contributed by atoms with Gasteiger partial charge in [0, 0.05) is 18.1 Å². The number of anilines is 1. The smallest absolute Gasteiger partial charge is 0.246 e. The van der Waals surface area contributed by atoms with E-state index in [1.807, 2.05) is 0 Å². The van der Waals surface area contributed by atoms with Gasteiger partial charge < -0.3 is 10.8 Å². The van der Waals surface area contributed by atoms with Crippen LogP contribution in [0.1, 0.15) is 19.8 Å². The number of hydrogen-bond donors (Lipinski definition) is 2. The van der Waals surface area contributed by atoms with Crippen LogP contribution >= 0.6 is 23.2 Å². The molecule has 0 radical (unpaired) electrons. The van der Waals surface area contributed by atoms with Crippen LogP contribution in [-0.4, -0.2) is 36.5 Å². The highest BCUT2D eigenvalue weighted by molar-refractivity contribution is 7.89. The van der Waals surface area contributed by atoms with Crippen molar-refractivity contribution in [1.82, 2.24) is 4.31 Å². The van der Waals surface area contributed by atoms with Crippen molar-refractivity contribution in [2.75, 3.05) is 18.8 Å². The molecule has 5 nitrogen and oxygen atoms in total. The molecule has 1 aromatic rings. The maximum absolute atomic E-state index is 12.6. The van der Waals surface area contributed by atoms with Gasteiger partial charge in [-0.3, -0.25) is 0 Å². The van der Waals surface area contributed by atoms with E-state index in [-0.39, 0.29) is 33.7 Å². The average Bonchev–Trinajstić information content (AvgIpc) is 2.26. The number of piperidine rings is 1. The summed E-state index contributed by atoms with van der Waals surface area (Å²) in [5.74, 6) is 0. The highest BCUT2D eigenvalue weighted by atomic mass is 35.5. The van der Waals surface area contributed by atoms with Crippen molar-refractivity contribution in [3.8, 4) is 0 Å². The van der Waals surface area contributed by atoms with Gasteiger partial charge in [-0.2, -0.15) is 4.31 Å². The number of nitrogens with zero attached hydrogens (tertiary/aromatic N) is 1. The van der Waals surface area contributed by atoms with Gasteiger partial charge in [-0.15, -0.1) is 0 Å². The molecular weight excluding hydrogens is 323 g/mol. The molecule has 0 unspecified atom stereocenters. The summed E-state index contributed by atoms with van der Waals surface area (Å²) < 4.78 is 26.5. The normalized spacial score (nSPS) is 20.0. The zero-order chi connectivity index (χ0) is 15.1. The Hall–Kier alpha value is -0.530. The minimum Gasteiger partial charge on any atom is -0.398 e. The molecule has 1 aliphatic heterocycles. The molecule has 0 bridgehead atoms. The first-order valence-corrected chi connectivity index (χ1v) is 8.30. The van der Waals surface area contributed by atoms with Crippen LogP contribution in [0.4, 0.5) is 5.69 Å². The summed E-state index contributed by atoms with van der Waals surface area (Å²) >= 11 is 11.8. The van der Waals surface area contributed by atoms with Gasteiger partial charge in [-0.05, 0) is 31.9 Å². The molecule has 0 atom stereocenters. The first kappa shape index (κ1) is 15.9. The summed E-state index contributed by atoms with van der Waals surface area (Å²) in [4.78, 5) is -0.120. The molecule has 3 N–H and O–H groups in total. The summed E-state index contributed by atoms with van der Waals surface area (Å²) in [5, 5.41) is 10.2. The second kappa shape index (κ2) is 5.35. The zero-order valence-electron chi connectivity index (χ0n) is 10.9. The topological polar surface area (TPSA) is 83.6 Å². The Bertz CT molecular complexity index is 599. The molecular formula is C12H16Cl2N2O3S. The van der Waals surface area contributed by atoms with E-state index in [2.05, 4.69) is 0 Å². The molecule has 1 saturated heterocycles. The monoisotopic (exact) mass is 338 g/mol. The van der Waals surface area contributed by atoms with Gasteiger partial charge in [-0.1, -0.05) is 23.2 Å². The van der Waals surface area contributed by atoms with E-state index in [0.717, 1.165) is 0 Å². The molecule has 1 heterocycles. The maximum atomic E-state index is 12.6. The number of benzene rings is 1. The van der Waals surface area contributed by atoms with Crippen molar-refractivity contribution >= 4 is 38.9 Å². The van der Waals surface area contributed by atoms with Crippen molar-refractivity contribution in [2.24, 2.45) is 0 Å². The lowest BCUT2D eigenvalue weighted by Crippen LogP contribution is -2.45. The fourth-order valence-electron chi connectivity index (χ4n) is 2.19. The Morgan fingerprint density at radius 1 is 1.30 bits per heavy atom. The number of nitrogens with two attached hydrogens (primary N) is 1. The second-order valence-electron chi connectivity index (χ2n) is 5.21. The van der Waals surface area contributed by atoms with Crippen LogP contribution in [0, 0.1) is 0 Å². The van der Waals surface area contributed by atoms with Crippen molar-refractivity contribution in [1.29, 1.82) is 0 Å². The molecule has 1 aliphatic rings. The van der Waals surface area contributed by atoms with Gasteiger partial charge >= 0.3 is 0 Å². The highest BCUT2D eigenvalue weighted by Gasteiger charge is 2.35. The van der Waals surface area contributed by atoms with Crippen molar-refractivity contribution in [3.63, 3.8) is 0 Å². The van der Waals surface area contributed by atoms with E-state index in [1.54, 1.807) is 6.92 Å². The van der Waals surface area contributed by atoms with E-state index in [9.17, 15) is 13.5 Å². The van der Waals surface area contributed by atoms with Gasteiger partial charge in [0.2, 0.25) is 10.0 Å². The van der Waals surface area contributed by atoms with Gasteiger partial charge in [0.15, 0.2) is 0 Å². The molecule has 0 aliphatic carbocycles. The minimum atomic E-state index is -3.78. The van der Waals surface area contributed by atoms with Gasteiger partial charge in [-0.25, -0.2) is 8.42 Å². The summed E-state index contributed by atoms with van der Waals surface area (Å²) in [5.41, 5.74) is 4.94. The third kappa shape index (κ3) is 3.04. The largest absolute Gasteiger partial charge is 0.398 e. The van der Waals surface area contributed by atoms with Crippen molar-refractivity contribution < 1.29 is 13.5 Å². The third-order valence-electron chi connectivity index (χ3n) is 3.43. The van der Waals surface area contributed by atoms with Crippen LogP contribution in [0.3, 0.4) is 0 Å². The standard InChI is InChI=1S/C12H16Cl2N2O3S/c1-12(17)2-4-16(5-3-12)20(18,19)11-9(14)6-8(13)7-10(11)15/h6-7,17H,2-5,15H2,1H3. The Labute approximate surface area is 128 Å². The Kier molecular flexibility index (Phi) is 4.24. The summed E-state index contributed by atoms with van der Waals surface area (Å²) in [7, 11) is -3.78. The number of hydrogen-bond acceptors (Lipinski definition) is 4. The van der Waals surface area contributed by atoms with Crippen LogP contribution in [0.25, 0.3) is 0 Å². The quantitative estimate of drug-likeness (QED) is 0.809. The zero-order valence-corrected chi connectivity index (χ0v) is 13.3. The molecule has 0 amide bonds. The van der Waals surface area contributed by atoms with Gasteiger partial charge in [0.1, 0.15) is 4.90 Å². The Balaban J connectivity index is 2.37. The number of sulfonamides is 1.